The maximum Gasteiger partial charge on any atom is 0.243 e. The average molecular weight is 347 g/mol. The fourth-order valence-electron chi connectivity index (χ4n) is 2.57. The minimum atomic E-state index is -0.139. The van der Waals surface area contributed by atoms with E-state index in [1.165, 1.54) is 5.56 Å². The van der Waals surface area contributed by atoms with E-state index < -0.39 is 0 Å². The number of amides is 1. The monoisotopic (exact) mass is 346 g/mol. The number of ether oxygens (including phenoxy) is 1. The van der Waals surface area contributed by atoms with Gasteiger partial charge in [-0.25, -0.2) is 0 Å². The van der Waals surface area contributed by atoms with Gasteiger partial charge in [0.25, 0.3) is 0 Å². The van der Waals surface area contributed by atoms with E-state index in [1.807, 2.05) is 32.0 Å². The lowest BCUT2D eigenvalue weighted by Gasteiger charge is -2.15. The molecule has 0 atom stereocenters. The van der Waals surface area contributed by atoms with Crippen LogP contribution in [0.2, 0.25) is 5.02 Å². The van der Waals surface area contributed by atoms with Gasteiger partial charge in [0.1, 0.15) is 5.75 Å². The maximum absolute atomic E-state index is 12.3. The molecule has 5 heteroatoms. The Morgan fingerprint density at radius 3 is 2.62 bits per heavy atom. The predicted octanol–water partition coefficient (Wildman–Crippen LogP) is 4.58. The van der Waals surface area contributed by atoms with E-state index in [2.05, 4.69) is 23.6 Å². The van der Waals surface area contributed by atoms with Gasteiger partial charge in [0.05, 0.1) is 19.3 Å². The molecule has 2 aromatic carbocycles. The summed E-state index contributed by atoms with van der Waals surface area (Å²) >= 11 is 6.09. The Bertz CT molecular complexity index is 744. The fourth-order valence-corrected chi connectivity index (χ4v) is 2.72. The number of anilines is 2. The zero-order chi connectivity index (χ0) is 17.7. The van der Waals surface area contributed by atoms with E-state index >= 15 is 0 Å². The summed E-state index contributed by atoms with van der Waals surface area (Å²) in [5, 5.41) is 6.72. The Morgan fingerprint density at radius 2 is 1.96 bits per heavy atom. The third-order valence-corrected chi connectivity index (χ3v) is 4.33. The molecule has 0 aliphatic rings. The van der Waals surface area contributed by atoms with Crippen molar-refractivity contribution < 1.29 is 9.53 Å². The molecule has 2 aromatic rings. The Morgan fingerprint density at radius 1 is 1.21 bits per heavy atom. The molecular weight excluding hydrogens is 324 g/mol. The van der Waals surface area contributed by atoms with Crippen LogP contribution in [0.4, 0.5) is 11.4 Å². The van der Waals surface area contributed by atoms with Crippen molar-refractivity contribution in [2.45, 2.75) is 27.2 Å². The van der Waals surface area contributed by atoms with Crippen LogP contribution in [0, 0.1) is 13.8 Å². The van der Waals surface area contributed by atoms with E-state index in [9.17, 15) is 4.79 Å². The molecule has 0 saturated heterocycles. The molecule has 128 valence electrons. The minimum Gasteiger partial charge on any atom is -0.495 e. The third kappa shape index (κ3) is 4.20. The van der Waals surface area contributed by atoms with Crippen molar-refractivity contribution in [3.05, 3.63) is 52.0 Å². The highest BCUT2D eigenvalue weighted by Gasteiger charge is 2.11. The topological polar surface area (TPSA) is 50.4 Å². The molecule has 0 aliphatic heterocycles. The van der Waals surface area contributed by atoms with Crippen LogP contribution >= 0.6 is 11.6 Å². The second kappa shape index (κ2) is 8.06. The SMILES string of the molecule is CCc1cccc(C)c1NCC(=O)Nc1cc(C)c(Cl)cc1OC. The highest BCUT2D eigenvalue weighted by molar-refractivity contribution is 6.31. The van der Waals surface area contributed by atoms with Crippen LogP contribution in [0.25, 0.3) is 0 Å². The van der Waals surface area contributed by atoms with Gasteiger partial charge in [0.15, 0.2) is 0 Å². The largest absolute Gasteiger partial charge is 0.495 e. The number of halogens is 1. The molecule has 24 heavy (non-hydrogen) atoms. The van der Waals surface area contributed by atoms with Gasteiger partial charge in [-0.05, 0) is 43.0 Å². The van der Waals surface area contributed by atoms with E-state index in [-0.39, 0.29) is 12.5 Å². The minimum absolute atomic E-state index is 0.139. The first-order chi connectivity index (χ1) is 11.5. The van der Waals surface area contributed by atoms with Crippen molar-refractivity contribution in [1.82, 2.24) is 0 Å². The summed E-state index contributed by atoms with van der Waals surface area (Å²) in [5.41, 5.74) is 4.85. The molecule has 0 heterocycles. The van der Waals surface area contributed by atoms with Gasteiger partial charge in [0.2, 0.25) is 5.91 Å². The molecule has 0 aliphatic carbocycles. The number of carbonyl (C=O) groups excluding carboxylic acids is 1. The first-order valence-corrected chi connectivity index (χ1v) is 8.30. The molecule has 4 nitrogen and oxygen atoms in total. The Hall–Kier alpha value is -2.20. The second-order valence-electron chi connectivity index (χ2n) is 5.67. The van der Waals surface area contributed by atoms with Crippen molar-refractivity contribution >= 4 is 28.9 Å². The molecule has 0 fully saturated rings. The molecule has 0 saturated carbocycles. The number of para-hydroxylation sites is 1. The summed E-state index contributed by atoms with van der Waals surface area (Å²) in [6.45, 7) is 6.20. The highest BCUT2D eigenvalue weighted by atomic mass is 35.5. The molecule has 0 radical (unpaired) electrons. The summed E-state index contributed by atoms with van der Waals surface area (Å²) in [4.78, 5) is 12.3. The van der Waals surface area contributed by atoms with Crippen molar-refractivity contribution in [2.24, 2.45) is 0 Å². The normalized spacial score (nSPS) is 10.4. The number of benzene rings is 2. The van der Waals surface area contributed by atoms with Crippen LogP contribution in [-0.4, -0.2) is 19.6 Å². The van der Waals surface area contributed by atoms with Crippen molar-refractivity contribution in [2.75, 3.05) is 24.3 Å². The number of nitrogens with one attached hydrogen (secondary N) is 2. The molecule has 0 aromatic heterocycles. The van der Waals surface area contributed by atoms with Gasteiger partial charge >= 0.3 is 0 Å². The van der Waals surface area contributed by atoms with Crippen molar-refractivity contribution in [1.29, 1.82) is 0 Å². The smallest absolute Gasteiger partial charge is 0.243 e. The van der Waals surface area contributed by atoms with Crippen LogP contribution in [0.5, 0.6) is 5.75 Å². The van der Waals surface area contributed by atoms with Gasteiger partial charge in [0, 0.05) is 16.8 Å². The van der Waals surface area contributed by atoms with Crippen LogP contribution in [0.1, 0.15) is 23.6 Å². The van der Waals surface area contributed by atoms with Crippen LogP contribution < -0.4 is 15.4 Å². The number of hydrogen-bond donors (Lipinski definition) is 2. The number of aryl methyl sites for hydroxylation is 3. The molecule has 0 unspecified atom stereocenters. The maximum atomic E-state index is 12.3. The summed E-state index contributed by atoms with van der Waals surface area (Å²) in [6, 6.07) is 9.64. The van der Waals surface area contributed by atoms with E-state index in [4.69, 9.17) is 16.3 Å². The zero-order valence-electron chi connectivity index (χ0n) is 14.5. The second-order valence-corrected chi connectivity index (χ2v) is 6.07. The number of methoxy groups -OCH3 is 1. The molecule has 2 rings (SSSR count). The Balaban J connectivity index is 2.09. The molecule has 2 N–H and O–H groups in total. The zero-order valence-corrected chi connectivity index (χ0v) is 15.3. The number of hydrogen-bond acceptors (Lipinski definition) is 3. The molecule has 1 amide bonds. The quantitative estimate of drug-likeness (QED) is 0.805. The van der Waals surface area contributed by atoms with Gasteiger partial charge < -0.3 is 15.4 Å². The number of rotatable bonds is 6. The summed E-state index contributed by atoms with van der Waals surface area (Å²) in [6.07, 6.45) is 0.913. The third-order valence-electron chi connectivity index (χ3n) is 3.92. The predicted molar refractivity (Wildman–Crippen MR) is 100 cm³/mol. The van der Waals surface area contributed by atoms with Gasteiger partial charge in [-0.3, -0.25) is 4.79 Å². The highest BCUT2D eigenvalue weighted by Crippen LogP contribution is 2.31. The lowest BCUT2D eigenvalue weighted by atomic mass is 10.1. The van der Waals surface area contributed by atoms with E-state index in [0.717, 1.165) is 23.2 Å². The summed E-state index contributed by atoms with van der Waals surface area (Å²) < 4.78 is 5.28. The van der Waals surface area contributed by atoms with E-state index in [0.29, 0.717) is 16.5 Å². The lowest BCUT2D eigenvalue weighted by molar-refractivity contribution is -0.114. The lowest BCUT2D eigenvalue weighted by Crippen LogP contribution is -2.23. The van der Waals surface area contributed by atoms with Gasteiger partial charge in [-0.2, -0.15) is 0 Å². The van der Waals surface area contributed by atoms with Crippen LogP contribution in [0.15, 0.2) is 30.3 Å². The fraction of sp³-hybridized carbons (Fsp3) is 0.316. The van der Waals surface area contributed by atoms with E-state index in [1.54, 1.807) is 13.2 Å². The summed E-state index contributed by atoms with van der Waals surface area (Å²) in [5.74, 6) is 0.407. The summed E-state index contributed by atoms with van der Waals surface area (Å²) in [7, 11) is 1.55. The average Bonchev–Trinajstić information content (AvgIpc) is 2.56. The number of carbonyl (C=O) groups is 1. The molecule has 0 spiro atoms. The Kier molecular flexibility index (Phi) is 6.10. The van der Waals surface area contributed by atoms with Gasteiger partial charge in [-0.15, -0.1) is 0 Å². The first-order valence-electron chi connectivity index (χ1n) is 7.92. The van der Waals surface area contributed by atoms with Crippen molar-refractivity contribution in [3.8, 4) is 5.75 Å². The standard InChI is InChI=1S/C19H23ClN2O2/c1-5-14-8-6-7-12(2)19(14)21-11-18(23)22-16-9-13(3)15(20)10-17(16)24-4/h6-10,21H,5,11H2,1-4H3,(H,22,23). The van der Waals surface area contributed by atoms with Gasteiger partial charge in [-0.1, -0.05) is 36.7 Å². The molecular formula is C19H23ClN2O2. The van der Waals surface area contributed by atoms with Crippen LogP contribution in [0.3, 0.4) is 0 Å². The first kappa shape index (κ1) is 18.1. The molecule has 0 bridgehead atoms. The van der Waals surface area contributed by atoms with Crippen molar-refractivity contribution in [3.63, 3.8) is 0 Å². The Labute approximate surface area is 148 Å². The van der Waals surface area contributed by atoms with Crippen LogP contribution in [-0.2, 0) is 11.2 Å².